The second kappa shape index (κ2) is 17.2. The Morgan fingerprint density at radius 1 is 0.703 bits per heavy atom. The fraction of sp³-hybridized carbons (Fsp3) is 0.250. The van der Waals surface area contributed by atoms with E-state index in [0.717, 1.165) is 0 Å². The number of aliphatic imine (C=N–C) groups is 2. The number of benzene rings is 2. The Bertz CT molecular complexity index is 1040. The van der Waals surface area contributed by atoms with Crippen molar-refractivity contribution in [3.8, 4) is 11.5 Å². The van der Waals surface area contributed by atoms with Crippen LogP contribution in [0.25, 0.3) is 0 Å². The molecular weight excluding hydrogens is 536 g/mol. The van der Waals surface area contributed by atoms with E-state index in [1.165, 1.54) is 24.6 Å². The van der Waals surface area contributed by atoms with Gasteiger partial charge in [-0.25, -0.2) is 9.59 Å². The van der Waals surface area contributed by atoms with Gasteiger partial charge in [0.15, 0.2) is 0 Å². The van der Waals surface area contributed by atoms with Crippen LogP contribution in [0.5, 0.6) is 11.5 Å². The number of aliphatic carboxylic acids is 2. The number of carbonyl (C=O) groups is 4. The number of carbonyl (C=O) groups excluding carboxylic acids is 2. The van der Waals surface area contributed by atoms with Gasteiger partial charge in [-0.15, -0.1) is 0 Å². The number of nitrogens with two attached hydrogens (primary N) is 2. The third-order valence-corrected chi connectivity index (χ3v) is 4.56. The molecule has 13 heteroatoms. The van der Waals surface area contributed by atoms with E-state index in [0.29, 0.717) is 11.1 Å². The maximum atomic E-state index is 10.9. The number of carboxylic acid groups (broad SMARTS) is 2. The van der Waals surface area contributed by atoms with Crippen LogP contribution in [0.4, 0.5) is 0 Å². The summed E-state index contributed by atoms with van der Waals surface area (Å²) in [5.41, 5.74) is 10.7. The van der Waals surface area contributed by atoms with E-state index in [-0.39, 0.29) is 54.3 Å². The fourth-order valence-corrected chi connectivity index (χ4v) is 2.62. The van der Waals surface area contributed by atoms with Gasteiger partial charge in [-0.3, -0.25) is 19.6 Å². The molecule has 2 aromatic carbocycles. The van der Waals surface area contributed by atoms with Crippen molar-refractivity contribution in [2.24, 2.45) is 21.5 Å². The number of rotatable bonds is 12. The molecule has 0 saturated heterocycles. The zero-order valence-corrected chi connectivity index (χ0v) is 20.5. The number of hydrogen-bond acceptors (Lipinski definition) is 8. The number of carboxylic acids is 2. The molecule has 1 radical (unpaired) electrons. The van der Waals surface area contributed by atoms with E-state index in [9.17, 15) is 29.4 Å². The Morgan fingerprint density at radius 2 is 1.03 bits per heavy atom. The van der Waals surface area contributed by atoms with Gasteiger partial charge in [0.1, 0.15) is 23.6 Å². The monoisotopic (exact) mass is 563 g/mol. The van der Waals surface area contributed by atoms with Crippen LogP contribution in [-0.4, -0.2) is 68.7 Å². The number of amides is 2. The van der Waals surface area contributed by atoms with Crippen LogP contribution in [0.3, 0.4) is 0 Å². The molecule has 12 nitrogen and oxygen atoms in total. The molecule has 2 atom stereocenters. The molecule has 203 valence electrons. The molecular formula is C24H28CuN4O8. The summed E-state index contributed by atoms with van der Waals surface area (Å²) in [6.07, 6.45) is 2.53. The molecule has 2 amide bonds. The predicted octanol–water partition coefficient (Wildman–Crippen LogP) is 1.06. The summed E-state index contributed by atoms with van der Waals surface area (Å²) >= 11 is 0. The molecule has 0 unspecified atom stereocenters. The van der Waals surface area contributed by atoms with E-state index >= 15 is 0 Å². The van der Waals surface area contributed by atoms with Gasteiger partial charge < -0.3 is 31.9 Å². The summed E-state index contributed by atoms with van der Waals surface area (Å²) in [7, 11) is 0. The van der Waals surface area contributed by atoms with Gasteiger partial charge >= 0.3 is 11.9 Å². The second-order valence-corrected chi connectivity index (χ2v) is 7.39. The number of phenolic OH excluding ortho intramolecular Hbond substituents is 2. The van der Waals surface area contributed by atoms with Gasteiger partial charge in [-0.2, -0.15) is 0 Å². The molecule has 8 N–H and O–H groups in total. The van der Waals surface area contributed by atoms with Gasteiger partial charge in [0.25, 0.3) is 0 Å². The first-order chi connectivity index (χ1) is 17.0. The van der Waals surface area contributed by atoms with Gasteiger partial charge in [0.2, 0.25) is 11.8 Å². The van der Waals surface area contributed by atoms with E-state index in [4.69, 9.17) is 21.7 Å². The average Bonchev–Trinajstić information content (AvgIpc) is 2.80. The van der Waals surface area contributed by atoms with E-state index in [2.05, 4.69) is 9.98 Å². The molecule has 0 heterocycles. The maximum Gasteiger partial charge on any atom is 0.328 e. The largest absolute Gasteiger partial charge is 0.507 e. The van der Waals surface area contributed by atoms with E-state index < -0.39 is 35.8 Å². The van der Waals surface area contributed by atoms with Crippen LogP contribution < -0.4 is 11.5 Å². The smallest absolute Gasteiger partial charge is 0.328 e. The van der Waals surface area contributed by atoms with Crippen molar-refractivity contribution >= 4 is 36.2 Å². The molecule has 2 aromatic rings. The third-order valence-electron chi connectivity index (χ3n) is 4.56. The summed E-state index contributed by atoms with van der Waals surface area (Å²) < 4.78 is 0. The normalized spacial score (nSPS) is 12.1. The minimum atomic E-state index is -1.14. The molecule has 0 aliphatic rings. The first kappa shape index (κ1) is 32.8. The van der Waals surface area contributed by atoms with Gasteiger partial charge in [0.05, 0.1) is 0 Å². The van der Waals surface area contributed by atoms with Crippen molar-refractivity contribution in [1.29, 1.82) is 0 Å². The maximum absolute atomic E-state index is 10.9. The minimum Gasteiger partial charge on any atom is -0.507 e. The number of primary amides is 2. The fourth-order valence-electron chi connectivity index (χ4n) is 2.62. The van der Waals surface area contributed by atoms with Crippen LogP contribution in [0, 0.1) is 0 Å². The molecule has 0 saturated carbocycles. The minimum absolute atomic E-state index is 0. The average molecular weight is 564 g/mol. The van der Waals surface area contributed by atoms with Gasteiger partial charge in [0, 0.05) is 53.5 Å². The Balaban J connectivity index is 0.000000682. The van der Waals surface area contributed by atoms with Crippen LogP contribution >= 0.6 is 0 Å². The van der Waals surface area contributed by atoms with Crippen LogP contribution in [0.15, 0.2) is 58.5 Å². The molecule has 0 bridgehead atoms. The molecule has 0 aliphatic heterocycles. The summed E-state index contributed by atoms with van der Waals surface area (Å²) in [5.74, 6) is -3.38. The number of hydrogen-bond donors (Lipinski definition) is 6. The number of nitrogens with zero attached hydrogens (tertiary/aromatic N) is 2. The summed E-state index contributed by atoms with van der Waals surface area (Å²) in [4.78, 5) is 50.6. The Morgan fingerprint density at radius 3 is 1.30 bits per heavy atom. The Labute approximate surface area is 223 Å². The van der Waals surface area contributed by atoms with E-state index in [1.807, 2.05) is 0 Å². The van der Waals surface area contributed by atoms with Gasteiger partial charge in [-0.1, -0.05) is 24.3 Å². The van der Waals surface area contributed by atoms with Crippen LogP contribution in [0.2, 0.25) is 0 Å². The summed E-state index contributed by atoms with van der Waals surface area (Å²) in [5, 5.41) is 36.7. The SMILES string of the molecule is NC(=O)CC[C@H](N=Cc1ccccc1O)C(=O)O.NC(=O)CC[C@H](N=Cc1ccccc1O)C(=O)O.[Cu]. The van der Waals surface area contributed by atoms with Crippen molar-refractivity contribution in [3.63, 3.8) is 0 Å². The summed E-state index contributed by atoms with van der Waals surface area (Å²) in [6, 6.07) is 10.7. The molecule has 0 fully saturated rings. The topological polar surface area (TPSA) is 226 Å². The summed E-state index contributed by atoms with van der Waals surface area (Å²) in [6.45, 7) is 0. The zero-order chi connectivity index (χ0) is 27.1. The van der Waals surface area contributed by atoms with Crippen molar-refractivity contribution in [3.05, 3.63) is 59.7 Å². The first-order valence-corrected chi connectivity index (χ1v) is 10.7. The third kappa shape index (κ3) is 13.4. The first-order valence-electron chi connectivity index (χ1n) is 10.7. The van der Waals surface area contributed by atoms with Crippen molar-refractivity contribution < 1.29 is 56.7 Å². The predicted molar refractivity (Wildman–Crippen MR) is 131 cm³/mol. The van der Waals surface area contributed by atoms with Gasteiger partial charge in [-0.05, 0) is 37.1 Å². The molecule has 0 spiro atoms. The molecule has 0 aromatic heterocycles. The number of para-hydroxylation sites is 2. The van der Waals surface area contributed by atoms with Crippen LogP contribution in [0.1, 0.15) is 36.8 Å². The van der Waals surface area contributed by atoms with Crippen molar-refractivity contribution in [2.75, 3.05) is 0 Å². The van der Waals surface area contributed by atoms with Crippen molar-refractivity contribution in [2.45, 2.75) is 37.8 Å². The van der Waals surface area contributed by atoms with E-state index in [1.54, 1.807) is 36.4 Å². The number of phenols is 2. The molecule has 37 heavy (non-hydrogen) atoms. The van der Waals surface area contributed by atoms with Crippen LogP contribution in [-0.2, 0) is 36.2 Å². The second-order valence-electron chi connectivity index (χ2n) is 7.39. The Kier molecular flexibility index (Phi) is 15.3. The zero-order valence-electron chi connectivity index (χ0n) is 19.5. The molecule has 2 rings (SSSR count). The number of aromatic hydroxyl groups is 2. The standard InChI is InChI=1S/2C12H14N2O4.Cu/c2*13-11(16)6-5-9(12(17)18)14-7-8-3-1-2-4-10(8)15;/h2*1-4,7,9,15H,5-6H2,(H2,13,16)(H,17,18);/t2*9-;/m00./s1. The Hall–Kier alpha value is -4.22. The van der Waals surface area contributed by atoms with Crippen molar-refractivity contribution in [1.82, 2.24) is 0 Å². The molecule has 0 aliphatic carbocycles. The quantitative estimate of drug-likeness (QED) is 0.161.